The molecule has 0 spiro atoms. The van der Waals surface area contributed by atoms with E-state index in [1.165, 1.54) is 6.07 Å². The molecule has 0 amide bonds. The summed E-state index contributed by atoms with van der Waals surface area (Å²) in [7, 11) is 0. The SMILES string of the molecule is C=C/C=C\N=C(C)c1cccc(F)c1C=O. The smallest absolute Gasteiger partial charge is 0.153 e. The van der Waals surface area contributed by atoms with Crippen molar-refractivity contribution in [3.8, 4) is 0 Å². The third-order valence-electron chi connectivity index (χ3n) is 2.05. The Kier molecular flexibility index (Phi) is 4.33. The molecular weight excluding hydrogens is 205 g/mol. The minimum absolute atomic E-state index is 0.0377. The number of halogens is 1. The number of nitrogens with zero attached hydrogens (tertiary/aromatic N) is 1. The maximum atomic E-state index is 13.3. The molecular formula is C13H12FNO. The minimum Gasteiger partial charge on any atom is -0.298 e. The number of benzene rings is 1. The quantitative estimate of drug-likeness (QED) is 0.433. The molecule has 0 aromatic heterocycles. The summed E-state index contributed by atoms with van der Waals surface area (Å²) in [5.41, 5.74) is 1.12. The van der Waals surface area contributed by atoms with Crippen LogP contribution in [-0.2, 0) is 0 Å². The second kappa shape index (κ2) is 5.75. The summed E-state index contributed by atoms with van der Waals surface area (Å²) in [6.45, 7) is 5.22. The fourth-order valence-corrected chi connectivity index (χ4v) is 1.26. The van der Waals surface area contributed by atoms with Crippen molar-refractivity contribution in [2.75, 3.05) is 0 Å². The lowest BCUT2D eigenvalue weighted by atomic mass is 10.0. The van der Waals surface area contributed by atoms with Gasteiger partial charge in [0.2, 0.25) is 0 Å². The van der Waals surface area contributed by atoms with Crippen molar-refractivity contribution in [1.29, 1.82) is 0 Å². The second-order valence-electron chi connectivity index (χ2n) is 3.11. The average Bonchev–Trinajstić information content (AvgIpc) is 2.29. The van der Waals surface area contributed by atoms with Gasteiger partial charge < -0.3 is 0 Å². The predicted octanol–water partition coefficient (Wildman–Crippen LogP) is 3.15. The summed E-state index contributed by atoms with van der Waals surface area (Å²) < 4.78 is 13.3. The summed E-state index contributed by atoms with van der Waals surface area (Å²) in [5.74, 6) is -0.533. The van der Waals surface area contributed by atoms with Gasteiger partial charge in [0.05, 0.1) is 5.56 Å². The van der Waals surface area contributed by atoms with Gasteiger partial charge in [0.1, 0.15) is 5.82 Å². The molecule has 2 nitrogen and oxygen atoms in total. The maximum absolute atomic E-state index is 13.3. The molecule has 1 aromatic rings. The number of allylic oxidation sites excluding steroid dienone is 2. The van der Waals surface area contributed by atoms with Crippen molar-refractivity contribution in [3.63, 3.8) is 0 Å². The first kappa shape index (κ1) is 12.0. The van der Waals surface area contributed by atoms with Crippen molar-refractivity contribution >= 4 is 12.0 Å². The molecule has 0 saturated carbocycles. The predicted molar refractivity (Wildman–Crippen MR) is 63.3 cm³/mol. The molecule has 0 atom stereocenters. The monoisotopic (exact) mass is 217 g/mol. The lowest BCUT2D eigenvalue weighted by Gasteiger charge is -2.03. The number of aliphatic imine (C=N–C) groups is 1. The summed E-state index contributed by atoms with van der Waals surface area (Å²) in [6, 6.07) is 4.46. The van der Waals surface area contributed by atoms with Crippen LogP contribution in [0.4, 0.5) is 4.39 Å². The van der Waals surface area contributed by atoms with E-state index in [1.54, 1.807) is 37.4 Å². The maximum Gasteiger partial charge on any atom is 0.153 e. The molecule has 0 fully saturated rings. The Morgan fingerprint density at radius 1 is 1.50 bits per heavy atom. The Morgan fingerprint density at radius 2 is 2.25 bits per heavy atom. The van der Waals surface area contributed by atoms with E-state index in [0.29, 0.717) is 17.6 Å². The highest BCUT2D eigenvalue weighted by Gasteiger charge is 2.08. The minimum atomic E-state index is -0.533. The number of hydrogen-bond donors (Lipinski definition) is 0. The van der Waals surface area contributed by atoms with Crippen LogP contribution >= 0.6 is 0 Å². The van der Waals surface area contributed by atoms with Gasteiger partial charge in [0.25, 0.3) is 0 Å². The zero-order chi connectivity index (χ0) is 12.0. The Bertz CT molecular complexity index is 461. The molecule has 0 bridgehead atoms. The van der Waals surface area contributed by atoms with E-state index in [2.05, 4.69) is 11.6 Å². The van der Waals surface area contributed by atoms with Crippen LogP contribution in [0.5, 0.6) is 0 Å². The number of rotatable bonds is 4. The Balaban J connectivity index is 3.17. The lowest BCUT2D eigenvalue weighted by molar-refractivity contribution is 0.111. The van der Waals surface area contributed by atoms with Crippen LogP contribution < -0.4 is 0 Å². The van der Waals surface area contributed by atoms with Gasteiger partial charge in [-0.05, 0) is 19.1 Å². The summed E-state index contributed by atoms with van der Waals surface area (Å²) in [4.78, 5) is 14.8. The molecule has 0 aliphatic heterocycles. The van der Waals surface area contributed by atoms with Crippen molar-refractivity contribution in [3.05, 3.63) is 60.1 Å². The Hall–Kier alpha value is -2.03. The molecule has 82 valence electrons. The van der Waals surface area contributed by atoms with E-state index in [-0.39, 0.29) is 5.56 Å². The molecule has 0 N–H and O–H groups in total. The summed E-state index contributed by atoms with van der Waals surface area (Å²) in [6.07, 6.45) is 5.29. The van der Waals surface area contributed by atoms with E-state index in [4.69, 9.17) is 0 Å². The molecule has 0 unspecified atom stereocenters. The molecule has 0 radical (unpaired) electrons. The Morgan fingerprint density at radius 3 is 2.88 bits per heavy atom. The van der Waals surface area contributed by atoms with Gasteiger partial charge in [0.15, 0.2) is 6.29 Å². The molecule has 16 heavy (non-hydrogen) atoms. The highest BCUT2D eigenvalue weighted by Crippen LogP contribution is 2.12. The van der Waals surface area contributed by atoms with Crippen molar-refractivity contribution < 1.29 is 9.18 Å². The summed E-state index contributed by atoms with van der Waals surface area (Å²) in [5, 5.41) is 0. The zero-order valence-corrected chi connectivity index (χ0v) is 8.98. The topological polar surface area (TPSA) is 29.4 Å². The largest absolute Gasteiger partial charge is 0.298 e. The number of hydrogen-bond acceptors (Lipinski definition) is 2. The van der Waals surface area contributed by atoms with Crippen LogP contribution in [0, 0.1) is 5.82 Å². The van der Waals surface area contributed by atoms with Gasteiger partial charge in [-0.3, -0.25) is 9.79 Å². The molecule has 3 heteroatoms. The van der Waals surface area contributed by atoms with Crippen molar-refractivity contribution in [2.24, 2.45) is 4.99 Å². The van der Waals surface area contributed by atoms with Crippen LogP contribution in [0.1, 0.15) is 22.8 Å². The fourth-order valence-electron chi connectivity index (χ4n) is 1.26. The summed E-state index contributed by atoms with van der Waals surface area (Å²) >= 11 is 0. The second-order valence-corrected chi connectivity index (χ2v) is 3.11. The van der Waals surface area contributed by atoms with E-state index in [0.717, 1.165) is 0 Å². The van der Waals surface area contributed by atoms with Gasteiger partial charge >= 0.3 is 0 Å². The van der Waals surface area contributed by atoms with Gasteiger partial charge in [0, 0.05) is 17.5 Å². The van der Waals surface area contributed by atoms with E-state index in [1.807, 2.05) is 0 Å². The molecule has 1 aromatic carbocycles. The van der Waals surface area contributed by atoms with Crippen molar-refractivity contribution in [1.82, 2.24) is 0 Å². The van der Waals surface area contributed by atoms with Crippen LogP contribution in [0.2, 0.25) is 0 Å². The van der Waals surface area contributed by atoms with Gasteiger partial charge in [-0.1, -0.05) is 24.8 Å². The first-order chi connectivity index (χ1) is 7.70. The lowest BCUT2D eigenvalue weighted by Crippen LogP contribution is -2.02. The first-order valence-electron chi connectivity index (χ1n) is 4.76. The standard InChI is InChI=1S/C13H12FNO/c1-3-4-8-15-10(2)11-6-5-7-13(14)12(11)9-16/h3-9H,1H2,2H3/b8-4-,15-10?. The van der Waals surface area contributed by atoms with Gasteiger partial charge in [-0.2, -0.15) is 0 Å². The number of aldehydes is 1. The van der Waals surface area contributed by atoms with E-state index in [9.17, 15) is 9.18 Å². The Labute approximate surface area is 93.8 Å². The molecule has 0 aliphatic carbocycles. The third kappa shape index (κ3) is 2.73. The average molecular weight is 217 g/mol. The zero-order valence-electron chi connectivity index (χ0n) is 8.98. The van der Waals surface area contributed by atoms with Crippen LogP contribution in [0.25, 0.3) is 0 Å². The number of carbonyl (C=O) groups excluding carboxylic acids is 1. The van der Waals surface area contributed by atoms with Gasteiger partial charge in [-0.25, -0.2) is 4.39 Å². The molecule has 1 rings (SSSR count). The highest BCUT2D eigenvalue weighted by atomic mass is 19.1. The third-order valence-corrected chi connectivity index (χ3v) is 2.05. The highest BCUT2D eigenvalue weighted by molar-refractivity contribution is 6.05. The van der Waals surface area contributed by atoms with Crippen LogP contribution in [0.3, 0.4) is 0 Å². The van der Waals surface area contributed by atoms with Crippen LogP contribution in [0.15, 0.2) is 48.1 Å². The molecule has 0 heterocycles. The van der Waals surface area contributed by atoms with Gasteiger partial charge in [-0.15, -0.1) is 0 Å². The number of carbonyl (C=O) groups is 1. The molecule has 0 saturated heterocycles. The van der Waals surface area contributed by atoms with E-state index < -0.39 is 5.82 Å². The van der Waals surface area contributed by atoms with Crippen LogP contribution in [-0.4, -0.2) is 12.0 Å². The van der Waals surface area contributed by atoms with E-state index >= 15 is 0 Å². The normalized spacial score (nSPS) is 11.8. The fraction of sp³-hybridized carbons (Fsp3) is 0.0769. The first-order valence-corrected chi connectivity index (χ1v) is 4.76. The molecule has 0 aliphatic rings. The van der Waals surface area contributed by atoms with Crippen molar-refractivity contribution in [2.45, 2.75) is 6.92 Å².